The molecule has 0 bridgehead atoms. The van der Waals surface area contributed by atoms with Crippen LogP contribution >= 0.6 is 0 Å². The average molecular weight is 269 g/mol. The summed E-state index contributed by atoms with van der Waals surface area (Å²) in [6.07, 6.45) is 3.68. The molecule has 0 aliphatic heterocycles. The Hall–Kier alpha value is -0.860. The lowest BCUT2D eigenvalue weighted by Crippen LogP contribution is -2.29. The molecule has 0 aliphatic rings. The zero-order valence-corrected chi connectivity index (χ0v) is 13.8. The van der Waals surface area contributed by atoms with Crippen molar-refractivity contribution in [3.05, 3.63) is 0 Å². The van der Waals surface area contributed by atoms with Crippen LogP contribution in [0.4, 0.5) is 0 Å². The Balaban J connectivity index is 5.00. The Kier molecular flexibility index (Phi) is 7.32. The van der Waals surface area contributed by atoms with E-state index >= 15 is 0 Å². The minimum absolute atomic E-state index is 0.192. The number of ether oxygens (including phenoxy) is 1. The molecule has 0 atom stereocenters. The Morgan fingerprint density at radius 3 is 2.11 bits per heavy atom. The van der Waals surface area contributed by atoms with E-state index in [4.69, 9.17) is 9.73 Å². The Morgan fingerprint density at radius 2 is 1.68 bits per heavy atom. The van der Waals surface area contributed by atoms with Gasteiger partial charge in [-0.1, -0.05) is 34.1 Å². The molecule has 0 unspecified atom stereocenters. The minimum atomic E-state index is -0.252. The molecular weight excluding hydrogens is 238 g/mol. The van der Waals surface area contributed by atoms with Gasteiger partial charge < -0.3 is 4.74 Å². The van der Waals surface area contributed by atoms with E-state index in [1.165, 1.54) is 0 Å². The Labute approximate surface area is 118 Å². The van der Waals surface area contributed by atoms with Crippen molar-refractivity contribution in [2.45, 2.75) is 79.7 Å². The molecule has 0 heterocycles. The molecule has 0 N–H and O–H groups in total. The van der Waals surface area contributed by atoms with Crippen molar-refractivity contribution >= 4 is 11.7 Å². The van der Waals surface area contributed by atoms with Crippen LogP contribution in [0.1, 0.15) is 74.1 Å². The molecule has 0 saturated heterocycles. The zero-order valence-electron chi connectivity index (χ0n) is 13.8. The van der Waals surface area contributed by atoms with Gasteiger partial charge in [0.15, 0.2) is 0 Å². The van der Waals surface area contributed by atoms with Crippen molar-refractivity contribution < 1.29 is 9.53 Å². The second-order valence-electron chi connectivity index (χ2n) is 6.93. The van der Waals surface area contributed by atoms with Gasteiger partial charge in [0.25, 0.3) is 0 Å². The predicted molar refractivity (Wildman–Crippen MR) is 81.7 cm³/mol. The maximum Gasteiger partial charge on any atom is 0.352 e. The molecule has 0 amide bonds. The number of carbonyl (C=O) groups is 1. The highest BCUT2D eigenvalue weighted by Gasteiger charge is 2.26. The fourth-order valence-electron chi connectivity index (χ4n) is 2.46. The van der Waals surface area contributed by atoms with Crippen LogP contribution in [0.5, 0.6) is 0 Å². The molecule has 0 rings (SSSR count). The number of hydrogen-bond acceptors (Lipinski definition) is 3. The van der Waals surface area contributed by atoms with Crippen molar-refractivity contribution in [2.24, 2.45) is 10.4 Å². The lowest BCUT2D eigenvalue weighted by Gasteiger charge is -2.29. The lowest BCUT2D eigenvalue weighted by atomic mass is 9.82. The van der Waals surface area contributed by atoms with Crippen molar-refractivity contribution in [2.75, 3.05) is 6.61 Å². The van der Waals surface area contributed by atoms with Crippen LogP contribution in [0.2, 0.25) is 0 Å². The third-order valence-electron chi connectivity index (χ3n) is 2.68. The lowest BCUT2D eigenvalue weighted by molar-refractivity contribution is -0.135. The summed E-state index contributed by atoms with van der Waals surface area (Å²) < 4.78 is 5.11. The smallest absolute Gasteiger partial charge is 0.352 e. The highest BCUT2D eigenvalue weighted by atomic mass is 16.5. The predicted octanol–water partition coefficient (Wildman–Crippen LogP) is 4.40. The second kappa shape index (κ2) is 7.66. The number of nitrogens with zero attached hydrogens (tertiary/aromatic N) is 1. The molecule has 112 valence electrons. The van der Waals surface area contributed by atoms with Gasteiger partial charge in [0.1, 0.15) is 5.71 Å². The van der Waals surface area contributed by atoms with Crippen molar-refractivity contribution in [1.82, 2.24) is 0 Å². The highest BCUT2D eigenvalue weighted by Crippen LogP contribution is 2.30. The Morgan fingerprint density at radius 1 is 1.11 bits per heavy atom. The van der Waals surface area contributed by atoms with Crippen LogP contribution in [0.25, 0.3) is 0 Å². The SMILES string of the molecule is CCCCC(=NC(C)(C)CC(C)(C)C)C(=O)OCC. The molecule has 3 nitrogen and oxygen atoms in total. The van der Waals surface area contributed by atoms with E-state index in [1.54, 1.807) is 0 Å². The maximum atomic E-state index is 11.9. The third-order valence-corrected chi connectivity index (χ3v) is 2.68. The summed E-state index contributed by atoms with van der Waals surface area (Å²) in [7, 11) is 0. The topological polar surface area (TPSA) is 38.7 Å². The molecule has 0 aromatic rings. The fraction of sp³-hybridized carbons (Fsp3) is 0.875. The number of unbranched alkanes of at least 4 members (excludes halogenated alkanes) is 1. The molecule has 19 heavy (non-hydrogen) atoms. The Bertz CT molecular complexity index is 311. The van der Waals surface area contributed by atoms with Crippen LogP contribution in [-0.4, -0.2) is 23.8 Å². The van der Waals surface area contributed by atoms with E-state index in [2.05, 4.69) is 41.5 Å². The molecule has 0 aromatic heterocycles. The fourth-order valence-corrected chi connectivity index (χ4v) is 2.46. The first-order valence-corrected chi connectivity index (χ1v) is 7.37. The molecule has 0 spiro atoms. The number of carbonyl (C=O) groups excluding carboxylic acids is 1. The number of hydrogen-bond donors (Lipinski definition) is 0. The van der Waals surface area contributed by atoms with Crippen LogP contribution in [0.3, 0.4) is 0 Å². The highest BCUT2D eigenvalue weighted by molar-refractivity contribution is 6.36. The summed E-state index contributed by atoms with van der Waals surface area (Å²) in [6, 6.07) is 0. The normalized spacial score (nSPS) is 13.5. The summed E-state index contributed by atoms with van der Waals surface area (Å²) in [5, 5.41) is 0. The first kappa shape index (κ1) is 18.1. The van der Waals surface area contributed by atoms with Crippen LogP contribution in [0.15, 0.2) is 4.99 Å². The van der Waals surface area contributed by atoms with Gasteiger partial charge in [-0.05, 0) is 45.4 Å². The summed E-state index contributed by atoms with van der Waals surface area (Å²) >= 11 is 0. The van der Waals surface area contributed by atoms with Crippen molar-refractivity contribution in [3.8, 4) is 0 Å². The zero-order chi connectivity index (χ0) is 15.1. The van der Waals surface area contributed by atoms with E-state index < -0.39 is 0 Å². The van der Waals surface area contributed by atoms with Crippen LogP contribution in [0, 0.1) is 5.41 Å². The molecule has 0 aliphatic carbocycles. The third kappa shape index (κ3) is 8.79. The van der Waals surface area contributed by atoms with Gasteiger partial charge in [0.05, 0.1) is 12.1 Å². The quantitative estimate of drug-likeness (QED) is 0.507. The number of esters is 1. The van der Waals surface area contributed by atoms with Gasteiger partial charge in [-0.2, -0.15) is 0 Å². The van der Waals surface area contributed by atoms with E-state index in [0.717, 1.165) is 19.3 Å². The monoisotopic (exact) mass is 269 g/mol. The molecule has 3 heteroatoms. The second-order valence-corrected chi connectivity index (χ2v) is 6.93. The van der Waals surface area contributed by atoms with Gasteiger partial charge in [0.2, 0.25) is 0 Å². The molecule has 0 saturated carbocycles. The molecule has 0 aromatic carbocycles. The summed E-state index contributed by atoms with van der Waals surface area (Å²) in [5.74, 6) is -0.252. The van der Waals surface area contributed by atoms with E-state index in [0.29, 0.717) is 18.7 Å². The first-order chi connectivity index (χ1) is 8.61. The number of aliphatic imine (C=N–C) groups is 1. The van der Waals surface area contributed by atoms with Crippen LogP contribution < -0.4 is 0 Å². The van der Waals surface area contributed by atoms with Gasteiger partial charge in [-0.15, -0.1) is 0 Å². The summed E-state index contributed by atoms with van der Waals surface area (Å²) in [6.45, 7) is 15.1. The average Bonchev–Trinajstić information content (AvgIpc) is 2.20. The van der Waals surface area contributed by atoms with Gasteiger partial charge in [0, 0.05) is 0 Å². The summed E-state index contributed by atoms with van der Waals surface area (Å²) in [5.41, 5.74) is 0.559. The maximum absolute atomic E-state index is 11.9. The van der Waals surface area contributed by atoms with Crippen LogP contribution in [-0.2, 0) is 9.53 Å². The molecular formula is C16H31NO2. The standard InChI is InChI=1S/C16H31NO2/c1-8-10-11-13(14(18)19-9-2)17-16(6,7)12-15(3,4)5/h8-12H2,1-7H3. The minimum Gasteiger partial charge on any atom is -0.462 e. The number of rotatable bonds is 7. The van der Waals surface area contributed by atoms with Crippen molar-refractivity contribution in [1.29, 1.82) is 0 Å². The van der Waals surface area contributed by atoms with Crippen molar-refractivity contribution in [3.63, 3.8) is 0 Å². The van der Waals surface area contributed by atoms with E-state index in [-0.39, 0.29) is 16.9 Å². The van der Waals surface area contributed by atoms with Gasteiger partial charge >= 0.3 is 5.97 Å². The molecule has 0 fully saturated rings. The van der Waals surface area contributed by atoms with Gasteiger partial charge in [-0.3, -0.25) is 4.99 Å². The largest absolute Gasteiger partial charge is 0.462 e. The first-order valence-electron chi connectivity index (χ1n) is 7.37. The van der Waals surface area contributed by atoms with E-state index in [1.807, 2.05) is 6.92 Å². The van der Waals surface area contributed by atoms with E-state index in [9.17, 15) is 4.79 Å². The molecule has 0 radical (unpaired) electrons. The summed E-state index contributed by atoms with van der Waals surface area (Å²) in [4.78, 5) is 16.6. The van der Waals surface area contributed by atoms with Gasteiger partial charge in [-0.25, -0.2) is 4.79 Å².